The quantitative estimate of drug-likeness (QED) is 0.288. The van der Waals surface area contributed by atoms with Crippen LogP contribution in [0.15, 0.2) is 72.8 Å². The van der Waals surface area contributed by atoms with Crippen LogP contribution in [0.5, 0.6) is 0 Å². The molecule has 106 valence electrons. The zero-order valence-corrected chi connectivity index (χ0v) is 13.2. The summed E-state index contributed by atoms with van der Waals surface area (Å²) in [7, 11) is 0. The lowest BCUT2D eigenvalue weighted by Crippen LogP contribution is -1.78. The van der Waals surface area contributed by atoms with Crippen molar-refractivity contribution in [3.63, 3.8) is 0 Å². The van der Waals surface area contributed by atoms with Gasteiger partial charge in [0.05, 0.1) is 0 Å². The minimum atomic E-state index is 1.34. The summed E-state index contributed by atoms with van der Waals surface area (Å²) in [5.41, 5.74) is 5.58. The topological polar surface area (TPSA) is 0 Å². The molecular weight excluding hydrogens is 296 g/mol. The first-order valence-electron chi connectivity index (χ1n) is 7.88. The molecule has 1 aliphatic carbocycles. The standard InChI is InChI=1S/C22H12S/c1-2-10-18-16(7-1)22-19(23-18)12-11-15-14-8-3-5-13-6-4-9-17(20(13)14)21(15)22/h1-12H. The lowest BCUT2D eigenvalue weighted by Gasteiger charge is -2.04. The van der Waals surface area contributed by atoms with Gasteiger partial charge in [-0.25, -0.2) is 0 Å². The summed E-state index contributed by atoms with van der Waals surface area (Å²) < 4.78 is 2.76. The predicted octanol–water partition coefficient (Wildman–Crippen LogP) is 6.86. The molecule has 0 unspecified atom stereocenters. The third kappa shape index (κ3) is 1.37. The summed E-state index contributed by atoms with van der Waals surface area (Å²) in [6.45, 7) is 0. The largest absolute Gasteiger partial charge is 0.135 e. The van der Waals surface area contributed by atoms with Gasteiger partial charge in [0, 0.05) is 20.2 Å². The molecule has 1 heterocycles. The van der Waals surface area contributed by atoms with E-state index in [2.05, 4.69) is 72.8 Å². The molecule has 0 saturated carbocycles. The summed E-state index contributed by atoms with van der Waals surface area (Å²) in [5, 5.41) is 5.55. The van der Waals surface area contributed by atoms with Gasteiger partial charge in [-0.2, -0.15) is 0 Å². The van der Waals surface area contributed by atoms with E-state index in [9.17, 15) is 0 Å². The van der Waals surface area contributed by atoms with Crippen molar-refractivity contribution in [2.45, 2.75) is 0 Å². The Morgan fingerprint density at radius 3 is 2.26 bits per heavy atom. The molecule has 0 aliphatic heterocycles. The van der Waals surface area contributed by atoms with Crippen molar-refractivity contribution in [2.75, 3.05) is 0 Å². The van der Waals surface area contributed by atoms with Gasteiger partial charge >= 0.3 is 0 Å². The molecule has 0 radical (unpaired) electrons. The van der Waals surface area contributed by atoms with E-state index in [4.69, 9.17) is 0 Å². The maximum atomic E-state index is 2.31. The van der Waals surface area contributed by atoms with Crippen LogP contribution in [0.4, 0.5) is 0 Å². The summed E-state index contributed by atoms with van der Waals surface area (Å²) in [6.07, 6.45) is 0. The number of fused-ring (bicyclic) bond motifs is 7. The van der Waals surface area contributed by atoms with Crippen molar-refractivity contribution in [3.05, 3.63) is 72.8 Å². The number of hydrogen-bond donors (Lipinski definition) is 0. The lowest BCUT2D eigenvalue weighted by atomic mass is 9.98. The minimum absolute atomic E-state index is 1.34. The van der Waals surface area contributed by atoms with Gasteiger partial charge in [0.1, 0.15) is 0 Å². The number of hydrogen-bond acceptors (Lipinski definition) is 1. The van der Waals surface area contributed by atoms with Gasteiger partial charge in [-0.1, -0.05) is 60.7 Å². The lowest BCUT2D eigenvalue weighted by molar-refractivity contribution is 1.77. The zero-order chi connectivity index (χ0) is 15.0. The molecule has 1 aromatic heterocycles. The number of benzene rings is 4. The van der Waals surface area contributed by atoms with Crippen molar-refractivity contribution < 1.29 is 0 Å². The van der Waals surface area contributed by atoms with Crippen LogP contribution in [0.25, 0.3) is 53.2 Å². The van der Waals surface area contributed by atoms with E-state index >= 15 is 0 Å². The Hall–Kier alpha value is -2.64. The molecule has 6 rings (SSSR count). The molecule has 1 heteroatoms. The van der Waals surface area contributed by atoms with E-state index in [1.54, 1.807) is 0 Å². The average molecular weight is 308 g/mol. The monoisotopic (exact) mass is 308 g/mol. The molecule has 5 aromatic rings. The van der Waals surface area contributed by atoms with E-state index in [1.807, 2.05) is 11.3 Å². The second-order valence-corrected chi connectivity index (χ2v) is 7.25. The van der Waals surface area contributed by atoms with Gasteiger partial charge in [0.15, 0.2) is 0 Å². The van der Waals surface area contributed by atoms with Crippen LogP contribution in [0.2, 0.25) is 0 Å². The molecule has 4 aromatic carbocycles. The highest BCUT2D eigenvalue weighted by Gasteiger charge is 2.24. The highest BCUT2D eigenvalue weighted by Crippen LogP contribution is 2.52. The summed E-state index contributed by atoms with van der Waals surface area (Å²) in [4.78, 5) is 0. The van der Waals surface area contributed by atoms with Crippen molar-refractivity contribution >= 4 is 42.3 Å². The Morgan fingerprint density at radius 1 is 0.522 bits per heavy atom. The van der Waals surface area contributed by atoms with E-state index in [0.717, 1.165) is 0 Å². The van der Waals surface area contributed by atoms with Crippen LogP contribution in [-0.4, -0.2) is 0 Å². The Bertz CT molecular complexity index is 1250. The highest BCUT2D eigenvalue weighted by atomic mass is 32.1. The molecule has 0 bridgehead atoms. The van der Waals surface area contributed by atoms with Gasteiger partial charge in [-0.15, -0.1) is 11.3 Å². The fraction of sp³-hybridized carbons (Fsp3) is 0. The molecule has 0 saturated heterocycles. The van der Waals surface area contributed by atoms with Crippen LogP contribution >= 0.6 is 11.3 Å². The van der Waals surface area contributed by atoms with Gasteiger partial charge in [0.2, 0.25) is 0 Å². The summed E-state index contributed by atoms with van der Waals surface area (Å²) in [6, 6.07) is 26.7. The summed E-state index contributed by atoms with van der Waals surface area (Å²) in [5.74, 6) is 0. The molecular formula is C22H12S. The maximum absolute atomic E-state index is 2.31. The molecule has 0 amide bonds. The van der Waals surface area contributed by atoms with E-state index < -0.39 is 0 Å². The highest BCUT2D eigenvalue weighted by molar-refractivity contribution is 7.26. The van der Waals surface area contributed by atoms with E-state index in [-0.39, 0.29) is 0 Å². The first-order chi connectivity index (χ1) is 11.4. The van der Waals surface area contributed by atoms with Gasteiger partial charge < -0.3 is 0 Å². The molecule has 0 N–H and O–H groups in total. The fourth-order valence-corrected chi connectivity index (χ4v) is 5.21. The fourth-order valence-electron chi connectivity index (χ4n) is 4.09. The van der Waals surface area contributed by atoms with E-state index in [1.165, 1.54) is 53.2 Å². The minimum Gasteiger partial charge on any atom is -0.135 e. The van der Waals surface area contributed by atoms with Crippen LogP contribution in [-0.2, 0) is 0 Å². The molecule has 0 nitrogen and oxygen atoms in total. The maximum Gasteiger partial charge on any atom is 0.0362 e. The predicted molar refractivity (Wildman–Crippen MR) is 101 cm³/mol. The third-order valence-electron chi connectivity index (χ3n) is 5.01. The molecule has 0 spiro atoms. The normalized spacial score (nSPS) is 12.3. The number of rotatable bonds is 0. The van der Waals surface area contributed by atoms with Crippen LogP contribution in [0, 0.1) is 0 Å². The molecule has 0 atom stereocenters. The Labute approximate surface area is 137 Å². The van der Waals surface area contributed by atoms with Crippen molar-refractivity contribution in [2.24, 2.45) is 0 Å². The molecule has 0 fully saturated rings. The Balaban J connectivity index is 1.93. The van der Waals surface area contributed by atoms with Crippen LogP contribution < -0.4 is 0 Å². The Morgan fingerprint density at radius 2 is 1.35 bits per heavy atom. The smallest absolute Gasteiger partial charge is 0.0362 e. The molecule has 23 heavy (non-hydrogen) atoms. The first-order valence-corrected chi connectivity index (χ1v) is 8.70. The Kier molecular flexibility index (Phi) is 2.07. The van der Waals surface area contributed by atoms with Crippen LogP contribution in [0.1, 0.15) is 0 Å². The second-order valence-electron chi connectivity index (χ2n) is 6.17. The van der Waals surface area contributed by atoms with Crippen molar-refractivity contribution in [1.29, 1.82) is 0 Å². The van der Waals surface area contributed by atoms with Crippen molar-refractivity contribution in [3.8, 4) is 22.3 Å². The van der Waals surface area contributed by atoms with Crippen molar-refractivity contribution in [1.82, 2.24) is 0 Å². The average Bonchev–Trinajstić information content (AvgIpc) is 3.13. The third-order valence-corrected chi connectivity index (χ3v) is 6.14. The first kappa shape index (κ1) is 11.9. The van der Waals surface area contributed by atoms with Gasteiger partial charge in [-0.3, -0.25) is 0 Å². The second kappa shape index (κ2) is 4.01. The van der Waals surface area contributed by atoms with Crippen LogP contribution in [0.3, 0.4) is 0 Å². The summed E-state index contributed by atoms with van der Waals surface area (Å²) >= 11 is 1.90. The molecule has 1 aliphatic rings. The van der Waals surface area contributed by atoms with Gasteiger partial charge in [-0.05, 0) is 45.2 Å². The zero-order valence-electron chi connectivity index (χ0n) is 12.3. The number of thiophene rings is 1. The van der Waals surface area contributed by atoms with E-state index in [0.29, 0.717) is 0 Å². The SMILES string of the molecule is c1cc2c3c(cccc3c1)-c1c-2ccc2sc3ccccc3c12. The van der Waals surface area contributed by atoms with Gasteiger partial charge in [0.25, 0.3) is 0 Å².